The van der Waals surface area contributed by atoms with E-state index in [1.165, 1.54) is 6.07 Å². The summed E-state index contributed by atoms with van der Waals surface area (Å²) in [5.41, 5.74) is 16.7. The van der Waals surface area contributed by atoms with Crippen LogP contribution in [0.2, 0.25) is 0 Å². The van der Waals surface area contributed by atoms with Crippen molar-refractivity contribution in [3.8, 4) is 0 Å². The van der Waals surface area contributed by atoms with Gasteiger partial charge in [-0.05, 0) is 48.3 Å². The standard InChI is InChI=1S/C18H28N6O2S/c1-17(2)8-13-9-18(3,10-17)11-24(13)27(25,26)14-6-4-5-12(7-14)22-16(21)23-15(19)20/h4-7,13H,8-11H2,1-3H3,(H6,19,20,21,22,23). The SMILES string of the molecule is CC1(C)CC2CC(C)(CN2S(=O)(=O)c2cccc(N=C(N)N=C(N)N)c2)C1. The highest BCUT2D eigenvalue weighted by atomic mass is 32.2. The maximum absolute atomic E-state index is 13.3. The van der Waals surface area contributed by atoms with Crippen LogP contribution in [0.25, 0.3) is 0 Å². The number of aliphatic imine (C=N–C) groups is 2. The fraction of sp³-hybridized carbons (Fsp3) is 0.556. The van der Waals surface area contributed by atoms with E-state index < -0.39 is 10.0 Å². The van der Waals surface area contributed by atoms with Crippen LogP contribution >= 0.6 is 0 Å². The van der Waals surface area contributed by atoms with Crippen LogP contribution in [0.15, 0.2) is 39.1 Å². The van der Waals surface area contributed by atoms with E-state index in [-0.39, 0.29) is 33.7 Å². The number of rotatable bonds is 3. The molecule has 1 aromatic rings. The van der Waals surface area contributed by atoms with E-state index in [0.29, 0.717) is 12.2 Å². The second-order valence-electron chi connectivity index (χ2n) is 8.77. The zero-order valence-electron chi connectivity index (χ0n) is 16.0. The summed E-state index contributed by atoms with van der Waals surface area (Å²) in [5.74, 6) is -0.337. The molecule has 27 heavy (non-hydrogen) atoms. The second-order valence-corrected chi connectivity index (χ2v) is 10.7. The fourth-order valence-electron chi connectivity index (χ4n) is 4.83. The molecule has 3 rings (SSSR count). The Labute approximate surface area is 160 Å². The first-order chi connectivity index (χ1) is 12.4. The van der Waals surface area contributed by atoms with Crippen molar-refractivity contribution < 1.29 is 8.42 Å². The maximum Gasteiger partial charge on any atom is 0.243 e. The lowest BCUT2D eigenvalue weighted by atomic mass is 9.65. The molecule has 2 aliphatic rings. The van der Waals surface area contributed by atoms with Crippen LogP contribution < -0.4 is 17.2 Å². The monoisotopic (exact) mass is 392 g/mol. The minimum atomic E-state index is -3.62. The largest absolute Gasteiger partial charge is 0.370 e. The Morgan fingerprint density at radius 3 is 2.56 bits per heavy atom. The highest BCUT2D eigenvalue weighted by molar-refractivity contribution is 7.89. The summed E-state index contributed by atoms with van der Waals surface area (Å²) in [6.45, 7) is 7.17. The van der Waals surface area contributed by atoms with E-state index in [9.17, 15) is 8.42 Å². The first-order valence-electron chi connectivity index (χ1n) is 8.96. The van der Waals surface area contributed by atoms with Gasteiger partial charge in [-0.2, -0.15) is 9.30 Å². The zero-order valence-corrected chi connectivity index (χ0v) is 16.8. The van der Waals surface area contributed by atoms with Crippen molar-refractivity contribution in [3.05, 3.63) is 24.3 Å². The summed E-state index contributed by atoms with van der Waals surface area (Å²) < 4.78 is 28.3. The van der Waals surface area contributed by atoms with Crippen LogP contribution in [-0.4, -0.2) is 37.2 Å². The molecule has 0 radical (unpaired) electrons. The van der Waals surface area contributed by atoms with Crippen LogP contribution in [0.4, 0.5) is 5.69 Å². The number of nitrogens with two attached hydrogens (primary N) is 3. The van der Waals surface area contributed by atoms with Crippen LogP contribution in [0, 0.1) is 10.8 Å². The van der Waals surface area contributed by atoms with E-state index in [2.05, 4.69) is 30.8 Å². The lowest BCUT2D eigenvalue weighted by Crippen LogP contribution is -2.37. The molecule has 2 bridgehead atoms. The number of nitrogens with zero attached hydrogens (tertiary/aromatic N) is 3. The molecule has 1 aliphatic carbocycles. The summed E-state index contributed by atoms with van der Waals surface area (Å²) in [6.07, 6.45) is 2.81. The van der Waals surface area contributed by atoms with Gasteiger partial charge in [0.05, 0.1) is 10.6 Å². The van der Waals surface area contributed by atoms with Crippen molar-refractivity contribution >= 4 is 27.6 Å². The van der Waals surface area contributed by atoms with E-state index in [0.717, 1.165) is 19.3 Å². The number of hydrogen-bond donors (Lipinski definition) is 3. The smallest absolute Gasteiger partial charge is 0.243 e. The first kappa shape index (κ1) is 19.6. The molecule has 148 valence electrons. The first-order valence-corrected chi connectivity index (χ1v) is 10.4. The summed E-state index contributed by atoms with van der Waals surface area (Å²) in [6, 6.07) is 6.41. The Morgan fingerprint density at radius 2 is 1.89 bits per heavy atom. The van der Waals surface area contributed by atoms with Crippen molar-refractivity contribution in [1.82, 2.24) is 4.31 Å². The van der Waals surface area contributed by atoms with Gasteiger partial charge in [-0.1, -0.05) is 26.8 Å². The minimum Gasteiger partial charge on any atom is -0.370 e. The Hall–Kier alpha value is -2.13. The van der Waals surface area contributed by atoms with Crippen molar-refractivity contribution in [2.24, 2.45) is 38.0 Å². The molecule has 2 fully saturated rings. The van der Waals surface area contributed by atoms with Gasteiger partial charge in [-0.15, -0.1) is 0 Å². The molecule has 0 spiro atoms. The van der Waals surface area contributed by atoms with Gasteiger partial charge in [0.25, 0.3) is 0 Å². The molecule has 1 heterocycles. The van der Waals surface area contributed by atoms with Gasteiger partial charge in [0.2, 0.25) is 16.0 Å². The fourth-order valence-corrected chi connectivity index (χ4v) is 6.64. The van der Waals surface area contributed by atoms with Gasteiger partial charge >= 0.3 is 0 Å². The predicted octanol–water partition coefficient (Wildman–Crippen LogP) is 1.50. The molecule has 1 saturated carbocycles. The number of fused-ring (bicyclic) bond motifs is 2. The van der Waals surface area contributed by atoms with Gasteiger partial charge in [0.1, 0.15) is 0 Å². The molecule has 0 amide bonds. The Morgan fingerprint density at radius 1 is 1.19 bits per heavy atom. The maximum atomic E-state index is 13.3. The van der Waals surface area contributed by atoms with Gasteiger partial charge in [-0.25, -0.2) is 13.4 Å². The van der Waals surface area contributed by atoms with E-state index >= 15 is 0 Å². The average molecular weight is 393 g/mol. The molecule has 8 nitrogen and oxygen atoms in total. The third kappa shape index (κ3) is 4.08. The molecule has 6 N–H and O–H groups in total. The zero-order chi connectivity index (χ0) is 20.0. The van der Waals surface area contributed by atoms with E-state index in [4.69, 9.17) is 17.2 Å². The summed E-state index contributed by atoms with van der Waals surface area (Å²) in [5, 5.41) is 0. The van der Waals surface area contributed by atoms with Crippen LogP contribution in [0.1, 0.15) is 40.0 Å². The van der Waals surface area contributed by atoms with E-state index in [1.54, 1.807) is 22.5 Å². The Kier molecular flexibility index (Phi) is 4.72. The van der Waals surface area contributed by atoms with Crippen LogP contribution in [0.3, 0.4) is 0 Å². The van der Waals surface area contributed by atoms with Gasteiger partial charge < -0.3 is 17.2 Å². The topological polar surface area (TPSA) is 140 Å². The van der Waals surface area contributed by atoms with E-state index in [1.807, 2.05) is 0 Å². The third-order valence-corrected chi connectivity index (χ3v) is 7.17. The molecule has 2 atom stereocenters. The Bertz CT molecular complexity index is 904. The van der Waals surface area contributed by atoms with Gasteiger partial charge in [0, 0.05) is 12.6 Å². The molecule has 1 saturated heterocycles. The van der Waals surface area contributed by atoms with Crippen molar-refractivity contribution in [2.45, 2.75) is 51.0 Å². The number of hydrogen-bond acceptors (Lipinski definition) is 3. The second kappa shape index (κ2) is 6.49. The molecular formula is C18H28N6O2S. The molecule has 0 aromatic heterocycles. The van der Waals surface area contributed by atoms with Crippen molar-refractivity contribution in [3.63, 3.8) is 0 Å². The molecule has 1 aliphatic heterocycles. The molecule has 1 aromatic carbocycles. The average Bonchev–Trinajstić information content (AvgIpc) is 2.76. The highest BCUT2D eigenvalue weighted by Gasteiger charge is 2.53. The van der Waals surface area contributed by atoms with Gasteiger partial charge in [0.15, 0.2) is 5.96 Å². The van der Waals surface area contributed by atoms with Crippen molar-refractivity contribution in [1.29, 1.82) is 0 Å². The summed E-state index contributed by atoms with van der Waals surface area (Å²) >= 11 is 0. The Balaban J connectivity index is 1.93. The van der Waals surface area contributed by atoms with Crippen molar-refractivity contribution in [2.75, 3.05) is 6.54 Å². The third-order valence-electron chi connectivity index (χ3n) is 5.28. The minimum absolute atomic E-state index is 0.0209. The summed E-state index contributed by atoms with van der Waals surface area (Å²) in [4.78, 5) is 7.92. The van der Waals surface area contributed by atoms with Crippen LogP contribution in [-0.2, 0) is 10.0 Å². The number of guanidine groups is 2. The molecular weight excluding hydrogens is 364 g/mol. The molecule has 2 unspecified atom stereocenters. The van der Waals surface area contributed by atoms with Crippen LogP contribution in [0.5, 0.6) is 0 Å². The summed E-state index contributed by atoms with van der Waals surface area (Å²) in [7, 11) is -3.62. The lowest BCUT2D eigenvalue weighted by Gasteiger charge is -2.39. The lowest BCUT2D eigenvalue weighted by molar-refractivity contribution is 0.133. The number of sulfonamides is 1. The van der Waals surface area contributed by atoms with Gasteiger partial charge in [-0.3, -0.25) is 0 Å². The molecule has 9 heteroatoms. The highest BCUT2D eigenvalue weighted by Crippen LogP contribution is 2.53. The predicted molar refractivity (Wildman–Crippen MR) is 107 cm³/mol. The number of benzene rings is 1. The normalized spacial score (nSPS) is 28.1. The quantitative estimate of drug-likeness (QED) is 0.528.